The number of carbonyl (C=O) groups excluding carboxylic acids is 1. The fourth-order valence-corrected chi connectivity index (χ4v) is 2.81. The van der Waals surface area contributed by atoms with Gasteiger partial charge in [0.2, 0.25) is 5.91 Å². The first-order valence-electron chi connectivity index (χ1n) is 9.57. The van der Waals surface area contributed by atoms with Gasteiger partial charge in [-0.3, -0.25) is 4.79 Å². The molecule has 0 spiro atoms. The molecular weight excluding hydrogens is 362 g/mol. The summed E-state index contributed by atoms with van der Waals surface area (Å²) in [4.78, 5) is 19.1. The smallest absolute Gasteiger partial charge is 0.228 e. The highest BCUT2D eigenvalue weighted by Crippen LogP contribution is 2.26. The van der Waals surface area contributed by atoms with Crippen LogP contribution in [-0.2, 0) is 11.2 Å². The average Bonchev–Trinajstić information content (AvgIpc) is 2.61. The molecule has 0 radical (unpaired) electrons. The normalized spacial score (nSPS) is 10.8. The highest BCUT2D eigenvalue weighted by atomic mass is 19.1. The van der Waals surface area contributed by atoms with E-state index in [2.05, 4.69) is 29.5 Å². The third-order valence-electron chi connectivity index (χ3n) is 4.19. The van der Waals surface area contributed by atoms with Crippen molar-refractivity contribution in [1.29, 1.82) is 0 Å². The van der Waals surface area contributed by atoms with Gasteiger partial charge in [0.05, 0.1) is 12.1 Å². The molecule has 2 aromatic rings. The molecule has 1 aromatic heterocycles. The van der Waals surface area contributed by atoms with Gasteiger partial charge >= 0.3 is 0 Å². The first kappa shape index (κ1) is 21.6. The van der Waals surface area contributed by atoms with E-state index in [1.165, 1.54) is 0 Å². The molecule has 0 fully saturated rings. The zero-order valence-corrected chi connectivity index (χ0v) is 16.9. The van der Waals surface area contributed by atoms with Gasteiger partial charge in [0.25, 0.3) is 0 Å². The second-order valence-electron chi connectivity index (χ2n) is 7.02. The van der Waals surface area contributed by atoms with Gasteiger partial charge in [-0.15, -0.1) is 0 Å². The molecule has 0 aliphatic carbocycles. The van der Waals surface area contributed by atoms with Crippen molar-refractivity contribution >= 4 is 23.2 Å². The topological polar surface area (TPSA) is 57.3 Å². The molecule has 0 unspecified atom stereocenters. The Morgan fingerprint density at radius 1 is 1.11 bits per heavy atom. The van der Waals surface area contributed by atoms with Crippen molar-refractivity contribution in [3.05, 3.63) is 47.5 Å². The van der Waals surface area contributed by atoms with E-state index in [1.807, 2.05) is 24.8 Å². The van der Waals surface area contributed by atoms with Gasteiger partial charge in [0, 0.05) is 25.7 Å². The van der Waals surface area contributed by atoms with Crippen LogP contribution < -0.4 is 15.5 Å². The molecule has 7 heteroatoms. The van der Waals surface area contributed by atoms with Crippen LogP contribution in [0.5, 0.6) is 0 Å². The molecule has 28 heavy (non-hydrogen) atoms. The van der Waals surface area contributed by atoms with Crippen LogP contribution in [0.1, 0.15) is 33.3 Å². The van der Waals surface area contributed by atoms with Crippen molar-refractivity contribution in [2.24, 2.45) is 5.92 Å². The largest absolute Gasteiger partial charge is 0.370 e. The molecular formula is C21H28F2N4O. The first-order chi connectivity index (χ1) is 13.3. The number of rotatable bonds is 9. The number of anilines is 3. The van der Waals surface area contributed by atoms with Crippen LogP contribution in [0, 0.1) is 17.6 Å². The van der Waals surface area contributed by atoms with Crippen molar-refractivity contribution in [2.45, 2.75) is 34.1 Å². The van der Waals surface area contributed by atoms with E-state index in [9.17, 15) is 13.6 Å². The molecule has 2 N–H and O–H groups in total. The van der Waals surface area contributed by atoms with Crippen LogP contribution in [0.4, 0.5) is 26.1 Å². The fourth-order valence-electron chi connectivity index (χ4n) is 2.81. The summed E-state index contributed by atoms with van der Waals surface area (Å²) < 4.78 is 26.7. The van der Waals surface area contributed by atoms with Crippen LogP contribution in [-0.4, -0.2) is 30.5 Å². The monoisotopic (exact) mass is 390 g/mol. The van der Waals surface area contributed by atoms with Gasteiger partial charge in [-0.1, -0.05) is 13.8 Å². The minimum absolute atomic E-state index is 0.125. The zero-order valence-electron chi connectivity index (χ0n) is 16.9. The van der Waals surface area contributed by atoms with Crippen LogP contribution in [0.15, 0.2) is 30.3 Å². The quantitative estimate of drug-likeness (QED) is 0.664. The van der Waals surface area contributed by atoms with Crippen molar-refractivity contribution in [3.8, 4) is 0 Å². The number of nitrogens with one attached hydrogen (secondary N) is 2. The summed E-state index contributed by atoms with van der Waals surface area (Å²) >= 11 is 0. The molecule has 0 aliphatic rings. The maximum atomic E-state index is 13.3. The fraction of sp³-hybridized carbons (Fsp3) is 0.429. The van der Waals surface area contributed by atoms with Gasteiger partial charge in [-0.2, -0.15) is 0 Å². The summed E-state index contributed by atoms with van der Waals surface area (Å²) in [6.45, 7) is 10.5. The Kier molecular flexibility index (Phi) is 7.72. The minimum atomic E-state index is -0.700. The Bertz CT molecular complexity index is 787. The Labute approximate surface area is 165 Å². The van der Waals surface area contributed by atoms with Gasteiger partial charge in [-0.05, 0) is 49.6 Å². The Balaban J connectivity index is 2.21. The first-order valence-corrected chi connectivity index (χ1v) is 9.57. The van der Waals surface area contributed by atoms with Crippen LogP contribution in [0.3, 0.4) is 0 Å². The lowest BCUT2D eigenvalue weighted by molar-refractivity contribution is -0.115. The van der Waals surface area contributed by atoms with Gasteiger partial charge in [0.15, 0.2) is 5.82 Å². The summed E-state index contributed by atoms with van der Waals surface area (Å²) in [6.07, 6.45) is -0.125. The Morgan fingerprint density at radius 2 is 1.75 bits per heavy atom. The highest BCUT2D eigenvalue weighted by Gasteiger charge is 2.15. The molecule has 1 amide bonds. The molecule has 0 saturated heterocycles. The van der Waals surface area contributed by atoms with E-state index >= 15 is 0 Å². The maximum Gasteiger partial charge on any atom is 0.228 e. The highest BCUT2D eigenvalue weighted by molar-refractivity contribution is 5.95. The van der Waals surface area contributed by atoms with E-state index in [4.69, 9.17) is 0 Å². The third-order valence-corrected chi connectivity index (χ3v) is 4.19. The number of carbonyl (C=O) groups is 1. The second-order valence-corrected chi connectivity index (χ2v) is 7.02. The Morgan fingerprint density at radius 3 is 2.32 bits per heavy atom. The van der Waals surface area contributed by atoms with E-state index in [1.54, 1.807) is 6.07 Å². The predicted molar refractivity (Wildman–Crippen MR) is 110 cm³/mol. The van der Waals surface area contributed by atoms with Gasteiger partial charge < -0.3 is 15.5 Å². The Hall–Kier alpha value is -2.70. The number of hydrogen-bond donors (Lipinski definition) is 2. The van der Waals surface area contributed by atoms with Crippen molar-refractivity contribution in [1.82, 2.24) is 4.98 Å². The number of pyridine rings is 1. The number of benzene rings is 1. The lowest BCUT2D eigenvalue weighted by Gasteiger charge is -2.24. The molecule has 1 heterocycles. The number of nitrogens with zero attached hydrogens (tertiary/aromatic N) is 2. The van der Waals surface area contributed by atoms with E-state index < -0.39 is 11.6 Å². The number of aromatic nitrogens is 1. The summed E-state index contributed by atoms with van der Waals surface area (Å²) in [6, 6.07) is 6.71. The minimum Gasteiger partial charge on any atom is -0.370 e. The van der Waals surface area contributed by atoms with E-state index in [0.29, 0.717) is 17.4 Å². The average molecular weight is 390 g/mol. The van der Waals surface area contributed by atoms with E-state index in [-0.39, 0.29) is 17.9 Å². The summed E-state index contributed by atoms with van der Waals surface area (Å²) in [7, 11) is 0. The summed E-state index contributed by atoms with van der Waals surface area (Å²) in [5.74, 6) is 0.119. The standard InChI is InChI=1S/C21H28F2N4O/c1-5-27(6-2)21-18(7-8-19(26-21)24-13-14(3)4)25-20(28)11-15-9-16(22)12-17(23)10-15/h7-10,12,14H,5-6,11,13H2,1-4H3,(H,24,26)(H,25,28). The van der Waals surface area contributed by atoms with Gasteiger partial charge in [0.1, 0.15) is 17.5 Å². The molecule has 5 nitrogen and oxygen atoms in total. The molecule has 0 bridgehead atoms. The molecule has 0 saturated carbocycles. The third kappa shape index (κ3) is 6.18. The molecule has 152 valence electrons. The van der Waals surface area contributed by atoms with Crippen molar-refractivity contribution in [3.63, 3.8) is 0 Å². The van der Waals surface area contributed by atoms with Crippen LogP contribution >= 0.6 is 0 Å². The molecule has 2 rings (SSSR count). The summed E-state index contributed by atoms with van der Waals surface area (Å²) in [5.41, 5.74) is 0.850. The maximum absolute atomic E-state index is 13.3. The number of halogens is 2. The number of hydrogen-bond acceptors (Lipinski definition) is 4. The SMILES string of the molecule is CCN(CC)c1nc(NCC(C)C)ccc1NC(=O)Cc1cc(F)cc(F)c1. The zero-order chi connectivity index (χ0) is 20.7. The lowest BCUT2D eigenvalue weighted by atomic mass is 10.1. The molecule has 0 aliphatic heterocycles. The van der Waals surface area contributed by atoms with Crippen LogP contribution in [0.2, 0.25) is 0 Å². The molecule has 1 aromatic carbocycles. The summed E-state index contributed by atoms with van der Waals surface area (Å²) in [5, 5.41) is 6.11. The van der Waals surface area contributed by atoms with Crippen molar-refractivity contribution < 1.29 is 13.6 Å². The lowest BCUT2D eigenvalue weighted by Crippen LogP contribution is -2.26. The van der Waals surface area contributed by atoms with Gasteiger partial charge in [-0.25, -0.2) is 13.8 Å². The second kappa shape index (κ2) is 10.0. The van der Waals surface area contributed by atoms with Crippen LogP contribution in [0.25, 0.3) is 0 Å². The van der Waals surface area contributed by atoms with E-state index in [0.717, 1.165) is 43.7 Å². The predicted octanol–water partition coefficient (Wildman–Crippen LogP) is 4.46. The number of amides is 1. The molecule has 0 atom stereocenters. The van der Waals surface area contributed by atoms with Crippen molar-refractivity contribution in [2.75, 3.05) is 35.2 Å².